The molecule has 0 aromatic heterocycles. The third kappa shape index (κ3) is 7.30. The van der Waals surface area contributed by atoms with Crippen molar-refractivity contribution in [3.8, 4) is 5.75 Å². The number of hydrogen-bond acceptors (Lipinski definition) is 4. The van der Waals surface area contributed by atoms with Crippen LogP contribution in [0.2, 0.25) is 0 Å². The van der Waals surface area contributed by atoms with Crippen molar-refractivity contribution in [1.29, 1.82) is 0 Å². The molecule has 0 aliphatic heterocycles. The van der Waals surface area contributed by atoms with Crippen LogP contribution in [-0.2, 0) is 9.84 Å². The molecule has 2 rings (SSSR count). The molecule has 0 fully saturated rings. The number of nitrogens with zero attached hydrogens (tertiary/aromatic N) is 1. The summed E-state index contributed by atoms with van der Waals surface area (Å²) >= 11 is 0. The lowest BCUT2D eigenvalue weighted by Crippen LogP contribution is -2.39. The molecule has 2 aromatic rings. The maximum Gasteiger partial charge on any atom is 0.191 e. The molecule has 0 aliphatic carbocycles. The number of sulfone groups is 1. The maximum atomic E-state index is 12.3. The van der Waals surface area contributed by atoms with E-state index < -0.39 is 9.84 Å². The summed E-state index contributed by atoms with van der Waals surface area (Å²) in [5.74, 6) is 1.36. The molecule has 0 heterocycles. The Morgan fingerprint density at radius 3 is 2.41 bits per heavy atom. The van der Waals surface area contributed by atoms with E-state index in [1.54, 1.807) is 30.3 Å². The van der Waals surface area contributed by atoms with Crippen LogP contribution >= 0.6 is 0 Å². The van der Waals surface area contributed by atoms with Crippen molar-refractivity contribution in [2.24, 2.45) is 4.99 Å². The molecule has 0 saturated carbocycles. The second-order valence-electron chi connectivity index (χ2n) is 5.98. The monoisotopic (exact) mass is 389 g/mol. The smallest absolute Gasteiger partial charge is 0.191 e. The van der Waals surface area contributed by atoms with E-state index in [9.17, 15) is 8.42 Å². The number of ether oxygens (including phenoxy) is 1. The molecule has 0 bridgehead atoms. The van der Waals surface area contributed by atoms with Gasteiger partial charge in [0, 0.05) is 6.54 Å². The minimum Gasteiger partial charge on any atom is -0.492 e. The largest absolute Gasteiger partial charge is 0.492 e. The fourth-order valence-electron chi connectivity index (χ4n) is 2.34. The third-order valence-electron chi connectivity index (χ3n) is 3.76. The zero-order valence-corrected chi connectivity index (χ0v) is 16.6. The van der Waals surface area contributed by atoms with Gasteiger partial charge in [-0.05, 0) is 38.1 Å². The van der Waals surface area contributed by atoms with Crippen LogP contribution < -0.4 is 15.4 Å². The Balaban J connectivity index is 1.80. The van der Waals surface area contributed by atoms with E-state index >= 15 is 0 Å². The first-order chi connectivity index (χ1) is 13.0. The zero-order valence-electron chi connectivity index (χ0n) is 15.8. The van der Waals surface area contributed by atoms with E-state index in [2.05, 4.69) is 15.6 Å². The normalized spacial score (nSPS) is 11.9. The van der Waals surface area contributed by atoms with Crippen LogP contribution in [0.5, 0.6) is 5.75 Å². The first-order valence-electron chi connectivity index (χ1n) is 9.01. The van der Waals surface area contributed by atoms with Crippen molar-refractivity contribution in [3.63, 3.8) is 0 Å². The van der Waals surface area contributed by atoms with Crippen LogP contribution in [0.4, 0.5) is 0 Å². The fourth-order valence-corrected chi connectivity index (χ4v) is 3.48. The van der Waals surface area contributed by atoms with Crippen molar-refractivity contribution >= 4 is 15.8 Å². The Bertz CT molecular complexity index is 819. The molecule has 0 spiro atoms. The van der Waals surface area contributed by atoms with Crippen molar-refractivity contribution in [2.75, 3.05) is 32.0 Å². The molecule has 27 heavy (non-hydrogen) atoms. The lowest BCUT2D eigenvalue weighted by Gasteiger charge is -2.12. The molecule has 0 amide bonds. The van der Waals surface area contributed by atoms with Gasteiger partial charge in [-0.3, -0.25) is 4.99 Å². The average Bonchev–Trinajstić information content (AvgIpc) is 2.67. The average molecular weight is 390 g/mol. The molecule has 0 atom stereocenters. The molecule has 0 saturated heterocycles. The number of aryl methyl sites for hydroxylation is 1. The minimum atomic E-state index is -3.32. The summed E-state index contributed by atoms with van der Waals surface area (Å²) in [5.41, 5.74) is 1.19. The highest BCUT2D eigenvalue weighted by Gasteiger charge is 2.13. The number of guanidine groups is 1. The van der Waals surface area contributed by atoms with E-state index in [1.165, 1.54) is 5.56 Å². The second kappa shape index (κ2) is 10.6. The summed E-state index contributed by atoms with van der Waals surface area (Å²) in [6.07, 6.45) is 0. The number of hydrogen-bond donors (Lipinski definition) is 2. The van der Waals surface area contributed by atoms with Gasteiger partial charge < -0.3 is 15.4 Å². The number of nitrogens with one attached hydrogen (secondary N) is 2. The van der Waals surface area contributed by atoms with Crippen LogP contribution in [0.25, 0.3) is 0 Å². The molecule has 2 aromatic carbocycles. The van der Waals surface area contributed by atoms with Gasteiger partial charge in [0.2, 0.25) is 0 Å². The van der Waals surface area contributed by atoms with Gasteiger partial charge in [0.15, 0.2) is 15.8 Å². The molecule has 0 radical (unpaired) electrons. The summed E-state index contributed by atoms with van der Waals surface area (Å²) in [7, 11) is -3.32. The van der Waals surface area contributed by atoms with Crippen LogP contribution in [0.15, 0.2) is 64.5 Å². The number of rotatable bonds is 9. The predicted octanol–water partition coefficient (Wildman–Crippen LogP) is 2.40. The molecule has 6 nitrogen and oxygen atoms in total. The van der Waals surface area contributed by atoms with Gasteiger partial charge in [0.25, 0.3) is 0 Å². The second-order valence-corrected chi connectivity index (χ2v) is 8.09. The highest BCUT2D eigenvalue weighted by atomic mass is 32.2. The molecular formula is C20H27N3O3S. The van der Waals surface area contributed by atoms with Gasteiger partial charge >= 0.3 is 0 Å². The molecule has 0 unspecified atom stereocenters. The van der Waals surface area contributed by atoms with Gasteiger partial charge in [-0.1, -0.05) is 35.9 Å². The van der Waals surface area contributed by atoms with Crippen molar-refractivity contribution in [1.82, 2.24) is 10.6 Å². The van der Waals surface area contributed by atoms with E-state index in [-0.39, 0.29) is 12.3 Å². The Hall–Kier alpha value is -2.54. The first kappa shape index (κ1) is 20.8. The molecule has 146 valence electrons. The summed E-state index contributed by atoms with van der Waals surface area (Å²) in [4.78, 5) is 4.66. The maximum absolute atomic E-state index is 12.3. The summed E-state index contributed by atoms with van der Waals surface area (Å²) in [6.45, 7) is 5.91. The summed E-state index contributed by atoms with van der Waals surface area (Å²) < 4.78 is 30.2. The zero-order chi connectivity index (χ0) is 19.5. The Kier molecular flexibility index (Phi) is 8.13. The SMILES string of the molecule is CCNC(=NCCS(=O)(=O)c1ccccc1)NCCOc1ccc(C)cc1. The topological polar surface area (TPSA) is 79.8 Å². The lowest BCUT2D eigenvalue weighted by atomic mass is 10.2. The van der Waals surface area contributed by atoms with E-state index in [0.29, 0.717) is 30.6 Å². The van der Waals surface area contributed by atoms with E-state index in [4.69, 9.17) is 4.74 Å². The number of aliphatic imine (C=N–C) groups is 1. The fraction of sp³-hybridized carbons (Fsp3) is 0.350. The van der Waals surface area contributed by atoms with Crippen molar-refractivity contribution in [2.45, 2.75) is 18.7 Å². The van der Waals surface area contributed by atoms with Gasteiger partial charge in [-0.2, -0.15) is 0 Å². The lowest BCUT2D eigenvalue weighted by molar-refractivity contribution is 0.322. The molecular weight excluding hydrogens is 362 g/mol. The van der Waals surface area contributed by atoms with E-state index in [0.717, 1.165) is 5.75 Å². The van der Waals surface area contributed by atoms with Crippen LogP contribution in [0.3, 0.4) is 0 Å². The standard InChI is InChI=1S/C20H27N3O3S/c1-3-21-20(22-13-15-26-18-11-9-17(2)10-12-18)23-14-16-27(24,25)19-7-5-4-6-8-19/h4-12H,3,13-16H2,1-2H3,(H2,21,22,23). The Morgan fingerprint density at radius 1 is 1.04 bits per heavy atom. The Labute approximate surface area is 161 Å². The first-order valence-corrected chi connectivity index (χ1v) is 10.7. The quantitative estimate of drug-likeness (QED) is 0.391. The van der Waals surface area contributed by atoms with Gasteiger partial charge in [0.05, 0.1) is 23.7 Å². The molecule has 0 aliphatic rings. The number of benzene rings is 2. The van der Waals surface area contributed by atoms with Crippen LogP contribution in [0.1, 0.15) is 12.5 Å². The highest BCUT2D eigenvalue weighted by Crippen LogP contribution is 2.11. The highest BCUT2D eigenvalue weighted by molar-refractivity contribution is 7.91. The molecule has 7 heteroatoms. The van der Waals surface area contributed by atoms with Crippen molar-refractivity contribution < 1.29 is 13.2 Å². The molecule has 2 N–H and O–H groups in total. The summed E-state index contributed by atoms with van der Waals surface area (Å²) in [5, 5.41) is 6.25. The Morgan fingerprint density at radius 2 is 1.74 bits per heavy atom. The van der Waals surface area contributed by atoms with E-state index in [1.807, 2.05) is 38.1 Å². The van der Waals surface area contributed by atoms with Crippen LogP contribution in [0, 0.1) is 6.92 Å². The van der Waals surface area contributed by atoms with Gasteiger partial charge in [0.1, 0.15) is 12.4 Å². The van der Waals surface area contributed by atoms with Gasteiger partial charge in [-0.15, -0.1) is 0 Å². The van der Waals surface area contributed by atoms with Crippen LogP contribution in [-0.4, -0.2) is 46.4 Å². The predicted molar refractivity (Wildman–Crippen MR) is 109 cm³/mol. The minimum absolute atomic E-state index is 0.0343. The van der Waals surface area contributed by atoms with Crippen molar-refractivity contribution in [3.05, 3.63) is 60.2 Å². The summed E-state index contributed by atoms with van der Waals surface area (Å²) in [6, 6.07) is 16.3. The third-order valence-corrected chi connectivity index (χ3v) is 5.47. The van der Waals surface area contributed by atoms with Gasteiger partial charge in [-0.25, -0.2) is 8.42 Å².